The standard InChI is InChI=1S/C19H22F3N7OS/c1-10(2)15(16(30)24-14-8-6-5-7-13(14)19(20,21)22)31-18-26-25-17(28(18)23)29-12(4)9-11(3)27-29/h5-10,15H,23H2,1-4H3,(H,24,30). The van der Waals surface area contributed by atoms with Crippen molar-refractivity contribution in [3.63, 3.8) is 0 Å². The van der Waals surface area contributed by atoms with Crippen molar-refractivity contribution in [3.8, 4) is 5.95 Å². The van der Waals surface area contributed by atoms with Crippen LogP contribution in [-0.2, 0) is 11.0 Å². The van der Waals surface area contributed by atoms with Gasteiger partial charge in [-0.25, -0.2) is 9.36 Å². The smallest absolute Gasteiger partial charge is 0.334 e. The highest BCUT2D eigenvalue weighted by Crippen LogP contribution is 2.35. The Morgan fingerprint density at radius 2 is 1.87 bits per heavy atom. The Morgan fingerprint density at radius 1 is 1.19 bits per heavy atom. The number of nitrogens with one attached hydrogen (secondary N) is 1. The van der Waals surface area contributed by atoms with Gasteiger partial charge in [-0.1, -0.05) is 37.7 Å². The molecule has 2 heterocycles. The number of carbonyl (C=O) groups is 1. The molecule has 0 aliphatic heterocycles. The summed E-state index contributed by atoms with van der Waals surface area (Å²) in [4.78, 5) is 12.9. The number of para-hydroxylation sites is 1. The number of alkyl halides is 3. The number of rotatable bonds is 6. The van der Waals surface area contributed by atoms with E-state index in [-0.39, 0.29) is 22.7 Å². The Labute approximate surface area is 181 Å². The normalized spacial score (nSPS) is 12.9. The summed E-state index contributed by atoms with van der Waals surface area (Å²) in [5.41, 5.74) is 0.362. The van der Waals surface area contributed by atoms with Gasteiger partial charge < -0.3 is 11.2 Å². The maximum absolute atomic E-state index is 13.3. The number of benzene rings is 1. The van der Waals surface area contributed by atoms with Gasteiger partial charge in [-0.2, -0.15) is 18.3 Å². The third kappa shape index (κ3) is 4.84. The number of anilines is 1. The number of hydrogen-bond donors (Lipinski definition) is 2. The predicted molar refractivity (Wildman–Crippen MR) is 111 cm³/mol. The lowest BCUT2D eigenvalue weighted by Crippen LogP contribution is -2.31. The van der Waals surface area contributed by atoms with Crippen LogP contribution in [0.3, 0.4) is 0 Å². The summed E-state index contributed by atoms with van der Waals surface area (Å²) in [6, 6.07) is 6.69. The lowest BCUT2D eigenvalue weighted by atomic mass is 10.1. The highest BCUT2D eigenvalue weighted by atomic mass is 32.2. The maximum atomic E-state index is 13.3. The average molecular weight is 453 g/mol. The lowest BCUT2D eigenvalue weighted by Gasteiger charge is -2.20. The number of nitrogen functional groups attached to an aromatic ring is 1. The largest absolute Gasteiger partial charge is 0.418 e. The van der Waals surface area contributed by atoms with E-state index in [1.165, 1.54) is 27.6 Å². The zero-order valence-electron chi connectivity index (χ0n) is 17.3. The van der Waals surface area contributed by atoms with Crippen molar-refractivity contribution in [1.29, 1.82) is 0 Å². The summed E-state index contributed by atoms with van der Waals surface area (Å²) in [5, 5.41) is 14.3. The third-order valence-electron chi connectivity index (χ3n) is 4.43. The molecule has 0 fully saturated rings. The minimum atomic E-state index is -4.59. The molecule has 3 rings (SSSR count). The predicted octanol–water partition coefficient (Wildman–Crippen LogP) is 3.57. The fraction of sp³-hybridized carbons (Fsp3) is 0.368. The Kier molecular flexibility index (Phi) is 6.30. The Hall–Kier alpha value is -3.02. The van der Waals surface area contributed by atoms with E-state index in [2.05, 4.69) is 20.6 Å². The van der Waals surface area contributed by atoms with Crippen molar-refractivity contribution >= 4 is 23.4 Å². The van der Waals surface area contributed by atoms with E-state index in [1.807, 2.05) is 19.9 Å². The Bertz CT molecular complexity index is 1090. The van der Waals surface area contributed by atoms with Gasteiger partial charge in [0.1, 0.15) is 0 Å². The fourth-order valence-corrected chi connectivity index (χ4v) is 3.92. The van der Waals surface area contributed by atoms with Gasteiger partial charge in [-0.05, 0) is 38.0 Å². The Morgan fingerprint density at radius 3 is 2.45 bits per heavy atom. The molecule has 0 radical (unpaired) electrons. The molecule has 0 bridgehead atoms. The molecular weight excluding hydrogens is 431 g/mol. The third-order valence-corrected chi connectivity index (χ3v) is 5.93. The zero-order valence-corrected chi connectivity index (χ0v) is 18.1. The van der Waals surface area contributed by atoms with Crippen molar-refractivity contribution in [1.82, 2.24) is 24.7 Å². The first-order chi connectivity index (χ1) is 14.5. The molecule has 3 N–H and O–H groups in total. The average Bonchev–Trinajstić information content (AvgIpc) is 3.19. The number of hydrogen-bond acceptors (Lipinski definition) is 6. The number of aromatic nitrogens is 5. The van der Waals surface area contributed by atoms with E-state index in [0.717, 1.165) is 29.2 Å². The van der Waals surface area contributed by atoms with E-state index in [0.29, 0.717) is 0 Å². The zero-order chi connectivity index (χ0) is 22.9. The van der Waals surface area contributed by atoms with Crippen LogP contribution < -0.4 is 11.2 Å². The number of nitrogens with zero attached hydrogens (tertiary/aromatic N) is 5. The van der Waals surface area contributed by atoms with E-state index < -0.39 is 22.9 Å². The first-order valence-electron chi connectivity index (χ1n) is 9.37. The lowest BCUT2D eigenvalue weighted by molar-refractivity contribution is -0.137. The molecule has 0 saturated carbocycles. The topological polar surface area (TPSA) is 104 Å². The number of carbonyl (C=O) groups excluding carboxylic acids is 1. The molecule has 0 aliphatic rings. The molecule has 0 saturated heterocycles. The van der Waals surface area contributed by atoms with Gasteiger partial charge in [0, 0.05) is 5.69 Å². The van der Waals surface area contributed by atoms with Crippen LogP contribution in [0.15, 0.2) is 35.5 Å². The SMILES string of the molecule is Cc1cc(C)n(-c2nnc(SC(C(=O)Nc3ccccc3C(F)(F)F)C(C)C)n2N)n1. The van der Waals surface area contributed by atoms with E-state index in [4.69, 9.17) is 5.84 Å². The van der Waals surface area contributed by atoms with Crippen molar-refractivity contribution in [3.05, 3.63) is 47.3 Å². The fourth-order valence-electron chi connectivity index (χ4n) is 2.97. The van der Waals surface area contributed by atoms with Crippen LogP contribution in [0.1, 0.15) is 30.8 Å². The van der Waals surface area contributed by atoms with Gasteiger partial charge in [0.25, 0.3) is 5.95 Å². The van der Waals surface area contributed by atoms with Gasteiger partial charge in [-0.3, -0.25) is 4.79 Å². The molecule has 8 nitrogen and oxygen atoms in total. The van der Waals surface area contributed by atoms with Gasteiger partial charge in [0.05, 0.1) is 22.2 Å². The van der Waals surface area contributed by atoms with Crippen LogP contribution in [0.5, 0.6) is 0 Å². The summed E-state index contributed by atoms with van der Waals surface area (Å²) < 4.78 is 42.5. The molecule has 2 aromatic heterocycles. The molecule has 3 aromatic rings. The monoisotopic (exact) mass is 453 g/mol. The quantitative estimate of drug-likeness (QED) is 0.437. The van der Waals surface area contributed by atoms with Crippen LogP contribution in [0.25, 0.3) is 5.95 Å². The van der Waals surface area contributed by atoms with E-state index in [9.17, 15) is 18.0 Å². The minimum Gasteiger partial charge on any atom is -0.334 e. The van der Waals surface area contributed by atoms with Crippen molar-refractivity contribution in [2.75, 3.05) is 11.2 Å². The molecule has 1 atom stereocenters. The molecule has 1 aromatic carbocycles. The van der Waals surface area contributed by atoms with Gasteiger partial charge >= 0.3 is 6.18 Å². The van der Waals surface area contributed by atoms with E-state index >= 15 is 0 Å². The second-order valence-corrected chi connectivity index (χ2v) is 8.42. The van der Waals surface area contributed by atoms with Crippen LogP contribution in [0.4, 0.5) is 18.9 Å². The van der Waals surface area contributed by atoms with Crippen LogP contribution in [0.2, 0.25) is 0 Å². The highest BCUT2D eigenvalue weighted by Gasteiger charge is 2.35. The van der Waals surface area contributed by atoms with Crippen LogP contribution >= 0.6 is 11.8 Å². The minimum absolute atomic E-state index is 0.225. The Balaban J connectivity index is 1.85. The molecule has 12 heteroatoms. The summed E-state index contributed by atoms with van der Waals surface area (Å²) >= 11 is 1.02. The molecule has 31 heavy (non-hydrogen) atoms. The molecule has 1 unspecified atom stereocenters. The van der Waals surface area contributed by atoms with Gasteiger partial charge in [0.2, 0.25) is 11.1 Å². The number of amides is 1. The van der Waals surface area contributed by atoms with Crippen LogP contribution in [0, 0.1) is 19.8 Å². The van der Waals surface area contributed by atoms with Gasteiger partial charge in [-0.15, -0.1) is 10.2 Å². The summed E-state index contributed by atoms with van der Waals surface area (Å²) in [5.74, 6) is 5.57. The second-order valence-electron chi connectivity index (χ2n) is 7.31. The summed E-state index contributed by atoms with van der Waals surface area (Å²) in [7, 11) is 0. The van der Waals surface area contributed by atoms with Crippen molar-refractivity contribution in [2.24, 2.45) is 5.92 Å². The first kappa shape index (κ1) is 22.7. The molecule has 1 amide bonds. The molecule has 0 aliphatic carbocycles. The number of thioether (sulfide) groups is 1. The maximum Gasteiger partial charge on any atom is 0.418 e. The molecule has 166 valence electrons. The first-order valence-corrected chi connectivity index (χ1v) is 10.2. The van der Waals surface area contributed by atoms with Crippen LogP contribution in [-0.4, -0.2) is 35.8 Å². The molecular formula is C19H22F3N7OS. The highest BCUT2D eigenvalue weighted by molar-refractivity contribution is 8.00. The second kappa shape index (κ2) is 8.61. The number of aryl methyl sites for hydroxylation is 2. The van der Waals surface area contributed by atoms with Crippen molar-refractivity contribution in [2.45, 2.75) is 44.3 Å². The van der Waals surface area contributed by atoms with Crippen molar-refractivity contribution < 1.29 is 18.0 Å². The number of nitrogens with two attached hydrogens (primary N) is 1. The summed E-state index contributed by atoms with van der Waals surface area (Å²) in [6.07, 6.45) is -4.59. The van der Waals surface area contributed by atoms with Gasteiger partial charge in [0.15, 0.2) is 0 Å². The molecule has 0 spiro atoms. The summed E-state index contributed by atoms with van der Waals surface area (Å²) in [6.45, 7) is 7.23. The van der Waals surface area contributed by atoms with E-state index in [1.54, 1.807) is 13.8 Å². The number of halogens is 3.